The van der Waals surface area contributed by atoms with E-state index in [2.05, 4.69) is 44.3 Å². The van der Waals surface area contributed by atoms with Crippen LogP contribution < -0.4 is 21.3 Å². The molecule has 4 N–H and O–H groups in total. The second-order valence-corrected chi connectivity index (χ2v) is 7.31. The summed E-state index contributed by atoms with van der Waals surface area (Å²) in [4.78, 5) is 16.0. The molecule has 0 radical (unpaired) electrons. The Kier molecular flexibility index (Phi) is 11.2. The quantitative estimate of drug-likeness (QED) is 0.183. The average molecular weight is 527 g/mol. The number of benzene rings is 1. The zero-order valence-corrected chi connectivity index (χ0v) is 20.8. The molecule has 0 fully saturated rings. The fraction of sp³-hybridized carbons (Fsp3) is 0.476. The summed E-state index contributed by atoms with van der Waals surface area (Å²) < 4.78 is 2.03. The van der Waals surface area contributed by atoms with Crippen molar-refractivity contribution in [1.82, 2.24) is 25.7 Å². The van der Waals surface area contributed by atoms with Crippen molar-refractivity contribution >= 4 is 41.7 Å². The van der Waals surface area contributed by atoms with E-state index in [1.54, 1.807) is 7.05 Å². The Morgan fingerprint density at radius 3 is 2.43 bits per heavy atom. The number of guanidine groups is 1. The molecule has 0 unspecified atom stereocenters. The molecule has 0 aliphatic rings. The highest BCUT2D eigenvalue weighted by molar-refractivity contribution is 14.0. The molecule has 0 saturated heterocycles. The van der Waals surface area contributed by atoms with E-state index in [4.69, 9.17) is 0 Å². The number of aryl methyl sites for hydroxylation is 3. The molecule has 0 saturated carbocycles. The third-order valence-corrected chi connectivity index (χ3v) is 4.26. The molecule has 0 spiro atoms. The van der Waals surface area contributed by atoms with Crippen molar-refractivity contribution in [1.29, 1.82) is 0 Å². The summed E-state index contributed by atoms with van der Waals surface area (Å²) in [6.07, 6.45) is 0.960. The summed E-state index contributed by atoms with van der Waals surface area (Å²) in [5, 5.41) is 16.7. The van der Waals surface area contributed by atoms with Gasteiger partial charge in [-0.15, -0.1) is 24.0 Å². The fourth-order valence-corrected chi connectivity index (χ4v) is 2.88. The van der Waals surface area contributed by atoms with Gasteiger partial charge in [-0.3, -0.25) is 9.67 Å². The average Bonchev–Trinajstić information content (AvgIpc) is 2.98. The van der Waals surface area contributed by atoms with Gasteiger partial charge in [0.2, 0.25) is 0 Å². The Labute approximate surface area is 196 Å². The van der Waals surface area contributed by atoms with Crippen LogP contribution in [0.5, 0.6) is 0 Å². The van der Waals surface area contributed by atoms with E-state index in [9.17, 15) is 4.79 Å². The lowest BCUT2D eigenvalue weighted by Crippen LogP contribution is -2.37. The maximum Gasteiger partial charge on any atom is 0.319 e. The van der Waals surface area contributed by atoms with Crippen LogP contribution in [0.25, 0.3) is 0 Å². The molecule has 0 aliphatic heterocycles. The summed E-state index contributed by atoms with van der Waals surface area (Å²) in [5.74, 6) is 0.761. The Morgan fingerprint density at radius 1 is 1.17 bits per heavy atom. The molecular formula is C21H34IN7O. The van der Waals surface area contributed by atoms with Crippen LogP contribution in [0.2, 0.25) is 0 Å². The number of carbonyl (C=O) groups is 1. The number of carbonyl (C=O) groups excluding carboxylic acids is 1. The van der Waals surface area contributed by atoms with Gasteiger partial charge in [0, 0.05) is 44.1 Å². The number of hydrogen-bond acceptors (Lipinski definition) is 3. The van der Waals surface area contributed by atoms with Gasteiger partial charge in [-0.2, -0.15) is 5.10 Å². The Hall–Kier alpha value is -2.30. The summed E-state index contributed by atoms with van der Waals surface area (Å²) >= 11 is 0. The first-order valence-electron chi connectivity index (χ1n) is 9.99. The highest BCUT2D eigenvalue weighted by atomic mass is 127. The third kappa shape index (κ3) is 9.02. The van der Waals surface area contributed by atoms with Gasteiger partial charge in [-0.25, -0.2) is 4.79 Å². The van der Waals surface area contributed by atoms with Crippen molar-refractivity contribution in [3.8, 4) is 0 Å². The molecule has 9 heteroatoms. The lowest BCUT2D eigenvalue weighted by molar-refractivity contribution is 0.250. The molecule has 1 aromatic carbocycles. The number of amides is 2. The first-order valence-corrected chi connectivity index (χ1v) is 9.99. The summed E-state index contributed by atoms with van der Waals surface area (Å²) in [6.45, 7) is 10.3. The Balaban J connectivity index is 0.00000450. The van der Waals surface area contributed by atoms with Crippen molar-refractivity contribution in [2.45, 2.75) is 53.2 Å². The van der Waals surface area contributed by atoms with Crippen LogP contribution in [-0.4, -0.2) is 41.4 Å². The zero-order chi connectivity index (χ0) is 21.2. The minimum absolute atomic E-state index is 0. The molecule has 30 heavy (non-hydrogen) atoms. The third-order valence-electron chi connectivity index (χ3n) is 4.26. The number of rotatable bonds is 8. The molecule has 0 atom stereocenters. The highest BCUT2D eigenvalue weighted by Crippen LogP contribution is 2.09. The van der Waals surface area contributed by atoms with Crippen molar-refractivity contribution in [2.24, 2.45) is 4.99 Å². The van der Waals surface area contributed by atoms with Crippen molar-refractivity contribution in [2.75, 3.05) is 18.9 Å². The van der Waals surface area contributed by atoms with E-state index in [1.165, 1.54) is 5.69 Å². The summed E-state index contributed by atoms with van der Waals surface area (Å²) in [7, 11) is 1.76. The molecule has 1 aromatic heterocycles. The van der Waals surface area contributed by atoms with E-state index in [0.29, 0.717) is 6.54 Å². The van der Waals surface area contributed by atoms with E-state index in [1.807, 2.05) is 49.7 Å². The Morgan fingerprint density at radius 2 is 1.87 bits per heavy atom. The van der Waals surface area contributed by atoms with Gasteiger partial charge in [0.15, 0.2) is 5.96 Å². The zero-order valence-electron chi connectivity index (χ0n) is 18.5. The molecule has 2 amide bonds. The standard InChI is InChI=1S/C21H33N7O.HI/c1-15(2)25-21(29)26-19-9-7-18(8-10-19)14-24-20(22-5)23-11-6-12-28-17(4)13-16(3)27-28;/h7-10,13,15H,6,11-12,14H2,1-5H3,(H2,22,23,24)(H2,25,26,29);1H. The van der Waals surface area contributed by atoms with Gasteiger partial charge in [-0.1, -0.05) is 12.1 Å². The van der Waals surface area contributed by atoms with Gasteiger partial charge in [0.25, 0.3) is 0 Å². The van der Waals surface area contributed by atoms with E-state index in [0.717, 1.165) is 42.4 Å². The van der Waals surface area contributed by atoms with Crippen LogP contribution >= 0.6 is 24.0 Å². The van der Waals surface area contributed by atoms with Gasteiger partial charge < -0.3 is 21.3 Å². The fourth-order valence-electron chi connectivity index (χ4n) is 2.88. The van der Waals surface area contributed by atoms with Crippen molar-refractivity contribution in [3.63, 3.8) is 0 Å². The van der Waals surface area contributed by atoms with Gasteiger partial charge >= 0.3 is 6.03 Å². The van der Waals surface area contributed by atoms with Crippen LogP contribution in [0.1, 0.15) is 37.2 Å². The molecular weight excluding hydrogens is 493 g/mol. The van der Waals surface area contributed by atoms with Crippen molar-refractivity contribution < 1.29 is 4.79 Å². The molecule has 2 rings (SSSR count). The number of halogens is 1. The van der Waals surface area contributed by atoms with Crippen LogP contribution in [0, 0.1) is 13.8 Å². The monoisotopic (exact) mass is 527 g/mol. The van der Waals surface area contributed by atoms with Gasteiger partial charge in [0.05, 0.1) is 5.69 Å². The first kappa shape index (κ1) is 25.7. The highest BCUT2D eigenvalue weighted by Gasteiger charge is 2.04. The largest absolute Gasteiger partial charge is 0.356 e. The molecule has 0 bridgehead atoms. The number of nitrogens with one attached hydrogen (secondary N) is 4. The summed E-state index contributed by atoms with van der Waals surface area (Å²) in [6, 6.07) is 9.73. The number of aliphatic imine (C=N–C) groups is 1. The maximum absolute atomic E-state index is 11.7. The van der Waals surface area contributed by atoms with E-state index in [-0.39, 0.29) is 36.0 Å². The van der Waals surface area contributed by atoms with Gasteiger partial charge in [-0.05, 0) is 57.9 Å². The first-order chi connectivity index (χ1) is 13.9. The predicted molar refractivity (Wildman–Crippen MR) is 134 cm³/mol. The van der Waals surface area contributed by atoms with Crippen molar-refractivity contribution in [3.05, 3.63) is 47.3 Å². The number of aromatic nitrogens is 2. The van der Waals surface area contributed by atoms with Crippen LogP contribution in [0.3, 0.4) is 0 Å². The van der Waals surface area contributed by atoms with Crippen LogP contribution in [0.4, 0.5) is 10.5 Å². The number of hydrogen-bond donors (Lipinski definition) is 4. The molecule has 8 nitrogen and oxygen atoms in total. The van der Waals surface area contributed by atoms with E-state index >= 15 is 0 Å². The number of urea groups is 1. The van der Waals surface area contributed by atoms with Gasteiger partial charge in [0.1, 0.15) is 0 Å². The smallest absolute Gasteiger partial charge is 0.319 e. The molecule has 166 valence electrons. The Bertz CT molecular complexity index is 815. The number of nitrogens with zero attached hydrogens (tertiary/aromatic N) is 3. The normalized spacial score (nSPS) is 11.1. The second kappa shape index (κ2) is 13.1. The van der Waals surface area contributed by atoms with Crippen LogP contribution in [-0.2, 0) is 13.1 Å². The topological polar surface area (TPSA) is 95.4 Å². The van der Waals surface area contributed by atoms with E-state index < -0.39 is 0 Å². The molecule has 1 heterocycles. The lowest BCUT2D eigenvalue weighted by atomic mass is 10.2. The lowest BCUT2D eigenvalue weighted by Gasteiger charge is -2.13. The SMILES string of the molecule is CN=C(NCCCn1nc(C)cc1C)NCc1ccc(NC(=O)NC(C)C)cc1.I. The minimum atomic E-state index is -0.198. The molecule has 2 aromatic rings. The van der Waals surface area contributed by atoms with Crippen LogP contribution in [0.15, 0.2) is 35.3 Å². The minimum Gasteiger partial charge on any atom is -0.356 e. The predicted octanol–water partition coefficient (Wildman–Crippen LogP) is 3.40. The summed E-state index contributed by atoms with van der Waals surface area (Å²) in [5.41, 5.74) is 4.10. The number of anilines is 1. The maximum atomic E-state index is 11.7. The second-order valence-electron chi connectivity index (χ2n) is 7.31. The molecule has 0 aliphatic carbocycles.